The molecular weight excluding hydrogens is 384 g/mol. The summed E-state index contributed by atoms with van der Waals surface area (Å²) in [6.07, 6.45) is 3.46. The molecule has 0 saturated carbocycles. The van der Waals surface area contributed by atoms with E-state index >= 15 is 0 Å². The van der Waals surface area contributed by atoms with Gasteiger partial charge < -0.3 is 14.1 Å². The van der Waals surface area contributed by atoms with Gasteiger partial charge in [-0.3, -0.25) is 4.79 Å². The molecule has 4 heterocycles. The van der Waals surface area contributed by atoms with Gasteiger partial charge in [0.2, 0.25) is 0 Å². The number of rotatable bonds is 5. The van der Waals surface area contributed by atoms with E-state index in [0.717, 1.165) is 17.7 Å². The zero-order chi connectivity index (χ0) is 18.8. The van der Waals surface area contributed by atoms with Gasteiger partial charge in [0.05, 0.1) is 12.3 Å². The van der Waals surface area contributed by atoms with Gasteiger partial charge in [-0.15, -0.1) is 22.7 Å². The number of carbonyl (C=O) groups excluding carboxylic acids is 2. The molecule has 1 atom stereocenters. The van der Waals surface area contributed by atoms with Crippen LogP contribution in [0.5, 0.6) is 0 Å². The van der Waals surface area contributed by atoms with Crippen LogP contribution in [-0.2, 0) is 9.53 Å². The number of carbonyl (C=O) groups is 2. The second kappa shape index (κ2) is 7.66. The molecule has 1 unspecified atom stereocenters. The Balaban J connectivity index is 1.40. The number of hydrogen-bond donors (Lipinski definition) is 0. The number of nitrogens with zero attached hydrogens (tertiary/aromatic N) is 2. The standard InChI is InChI=1S/C19H18N2O4S2/c1-12-17(20-18(27-12)14-6-3-9-24-14)19(23)25-11-16(22)21-8-2-5-13(21)15-7-4-10-26-15/h3-4,6-7,9-10,13H,2,5,8,11H2,1H3. The summed E-state index contributed by atoms with van der Waals surface area (Å²) in [5.41, 5.74) is 0.232. The molecule has 1 aliphatic rings. The molecule has 0 aromatic carbocycles. The first-order valence-corrected chi connectivity index (χ1v) is 10.3. The Morgan fingerprint density at radius 2 is 2.26 bits per heavy atom. The average Bonchev–Trinajstić information content (AvgIpc) is 3.45. The van der Waals surface area contributed by atoms with Crippen molar-refractivity contribution in [3.05, 3.63) is 51.4 Å². The van der Waals surface area contributed by atoms with Gasteiger partial charge in [-0.2, -0.15) is 0 Å². The predicted octanol–water partition coefficient (Wildman–Crippen LogP) is 4.29. The van der Waals surface area contributed by atoms with E-state index in [1.165, 1.54) is 16.2 Å². The highest BCUT2D eigenvalue weighted by molar-refractivity contribution is 7.15. The Kier molecular flexibility index (Phi) is 5.09. The summed E-state index contributed by atoms with van der Waals surface area (Å²) in [6, 6.07) is 7.67. The number of likely N-dealkylation sites (tertiary alicyclic amines) is 1. The molecule has 3 aromatic heterocycles. The van der Waals surface area contributed by atoms with Crippen molar-refractivity contribution < 1.29 is 18.7 Å². The van der Waals surface area contributed by atoms with E-state index in [9.17, 15) is 9.59 Å². The molecule has 1 amide bonds. The molecule has 0 aliphatic carbocycles. The van der Waals surface area contributed by atoms with Crippen LogP contribution in [0.25, 0.3) is 10.8 Å². The maximum Gasteiger partial charge on any atom is 0.358 e. The lowest BCUT2D eigenvalue weighted by atomic mass is 10.2. The first kappa shape index (κ1) is 17.9. The van der Waals surface area contributed by atoms with Gasteiger partial charge >= 0.3 is 5.97 Å². The molecule has 1 fully saturated rings. The highest BCUT2D eigenvalue weighted by atomic mass is 32.1. The summed E-state index contributed by atoms with van der Waals surface area (Å²) >= 11 is 3.01. The number of thiazole rings is 1. The van der Waals surface area contributed by atoms with Crippen molar-refractivity contribution >= 4 is 34.6 Å². The summed E-state index contributed by atoms with van der Waals surface area (Å²) in [6.45, 7) is 2.22. The molecule has 0 radical (unpaired) electrons. The summed E-state index contributed by atoms with van der Waals surface area (Å²) in [4.78, 5) is 33.0. The Morgan fingerprint density at radius 3 is 3.00 bits per heavy atom. The largest absolute Gasteiger partial charge is 0.462 e. The summed E-state index contributed by atoms with van der Waals surface area (Å²) in [7, 11) is 0. The smallest absolute Gasteiger partial charge is 0.358 e. The summed E-state index contributed by atoms with van der Waals surface area (Å²) < 4.78 is 10.6. The highest BCUT2D eigenvalue weighted by Crippen LogP contribution is 2.34. The van der Waals surface area contributed by atoms with Crippen LogP contribution in [0.2, 0.25) is 0 Å². The van der Waals surface area contributed by atoms with Crippen LogP contribution in [0, 0.1) is 6.92 Å². The van der Waals surface area contributed by atoms with Crippen LogP contribution in [0.1, 0.15) is 39.1 Å². The number of aryl methyl sites for hydroxylation is 1. The molecule has 140 valence electrons. The Bertz CT molecular complexity index is 931. The van der Waals surface area contributed by atoms with Crippen LogP contribution in [-0.4, -0.2) is 34.9 Å². The van der Waals surface area contributed by atoms with Crippen molar-refractivity contribution in [1.29, 1.82) is 0 Å². The summed E-state index contributed by atoms with van der Waals surface area (Å²) in [5, 5.41) is 2.63. The first-order chi connectivity index (χ1) is 13.1. The third-order valence-corrected chi connectivity index (χ3v) is 6.45. The molecule has 1 saturated heterocycles. The quantitative estimate of drug-likeness (QED) is 0.595. The van der Waals surface area contributed by atoms with E-state index < -0.39 is 5.97 Å². The molecular formula is C19H18N2O4S2. The Morgan fingerprint density at radius 1 is 1.37 bits per heavy atom. The van der Waals surface area contributed by atoms with E-state index in [-0.39, 0.29) is 24.2 Å². The van der Waals surface area contributed by atoms with Gasteiger partial charge in [-0.1, -0.05) is 6.07 Å². The maximum absolute atomic E-state index is 12.6. The van der Waals surface area contributed by atoms with E-state index in [1.807, 2.05) is 17.5 Å². The fraction of sp³-hybridized carbons (Fsp3) is 0.316. The van der Waals surface area contributed by atoms with Crippen LogP contribution in [0.15, 0.2) is 40.3 Å². The van der Waals surface area contributed by atoms with Crippen molar-refractivity contribution in [2.75, 3.05) is 13.2 Å². The van der Waals surface area contributed by atoms with E-state index in [2.05, 4.69) is 4.98 Å². The molecule has 3 aromatic rings. The third kappa shape index (κ3) is 3.68. The van der Waals surface area contributed by atoms with Crippen LogP contribution in [0.3, 0.4) is 0 Å². The molecule has 0 spiro atoms. The predicted molar refractivity (Wildman–Crippen MR) is 103 cm³/mol. The van der Waals surface area contributed by atoms with Crippen molar-refractivity contribution in [2.24, 2.45) is 0 Å². The molecule has 27 heavy (non-hydrogen) atoms. The first-order valence-electron chi connectivity index (χ1n) is 8.65. The molecule has 6 nitrogen and oxygen atoms in total. The number of amides is 1. The normalized spacial score (nSPS) is 16.6. The van der Waals surface area contributed by atoms with Crippen molar-refractivity contribution in [1.82, 2.24) is 9.88 Å². The third-order valence-electron chi connectivity index (χ3n) is 4.49. The Hall–Kier alpha value is -2.45. The van der Waals surface area contributed by atoms with E-state index in [1.54, 1.807) is 41.6 Å². The number of esters is 1. The van der Waals surface area contributed by atoms with Gasteiger partial charge in [-0.05, 0) is 43.3 Å². The summed E-state index contributed by atoms with van der Waals surface area (Å²) in [5.74, 6) is -0.144. The van der Waals surface area contributed by atoms with E-state index in [0.29, 0.717) is 17.3 Å². The number of hydrogen-bond acceptors (Lipinski definition) is 7. The van der Waals surface area contributed by atoms with Crippen molar-refractivity contribution in [3.63, 3.8) is 0 Å². The number of thiophene rings is 1. The topological polar surface area (TPSA) is 72.6 Å². The zero-order valence-electron chi connectivity index (χ0n) is 14.7. The minimum absolute atomic E-state index is 0.0859. The van der Waals surface area contributed by atoms with Gasteiger partial charge in [-0.25, -0.2) is 9.78 Å². The molecule has 1 aliphatic heterocycles. The zero-order valence-corrected chi connectivity index (χ0v) is 16.3. The Labute approximate surface area is 164 Å². The number of ether oxygens (including phenoxy) is 1. The van der Waals surface area contributed by atoms with E-state index in [4.69, 9.17) is 9.15 Å². The monoisotopic (exact) mass is 402 g/mol. The lowest BCUT2D eigenvalue weighted by Gasteiger charge is -2.23. The molecule has 4 rings (SSSR count). The van der Waals surface area contributed by atoms with Crippen LogP contribution >= 0.6 is 22.7 Å². The lowest BCUT2D eigenvalue weighted by Crippen LogP contribution is -2.34. The molecule has 0 N–H and O–H groups in total. The second-order valence-electron chi connectivity index (χ2n) is 6.24. The maximum atomic E-state index is 12.6. The van der Waals surface area contributed by atoms with Crippen LogP contribution < -0.4 is 0 Å². The number of furan rings is 1. The number of aromatic nitrogens is 1. The minimum atomic E-state index is -0.582. The average molecular weight is 402 g/mol. The van der Waals surface area contributed by atoms with Gasteiger partial charge in [0.1, 0.15) is 0 Å². The second-order valence-corrected chi connectivity index (χ2v) is 8.42. The highest BCUT2D eigenvalue weighted by Gasteiger charge is 2.31. The SMILES string of the molecule is Cc1sc(-c2ccco2)nc1C(=O)OCC(=O)N1CCCC1c1cccs1. The van der Waals surface area contributed by atoms with Crippen molar-refractivity contribution in [2.45, 2.75) is 25.8 Å². The van der Waals surface area contributed by atoms with Gasteiger partial charge in [0.15, 0.2) is 23.1 Å². The van der Waals surface area contributed by atoms with Gasteiger partial charge in [0.25, 0.3) is 5.91 Å². The fourth-order valence-electron chi connectivity index (χ4n) is 3.21. The molecule has 0 bridgehead atoms. The lowest BCUT2D eigenvalue weighted by molar-refractivity contribution is -0.135. The molecule has 8 heteroatoms. The van der Waals surface area contributed by atoms with Crippen LogP contribution in [0.4, 0.5) is 0 Å². The fourth-order valence-corrected chi connectivity index (χ4v) is 4.95. The van der Waals surface area contributed by atoms with Crippen molar-refractivity contribution in [3.8, 4) is 10.8 Å². The minimum Gasteiger partial charge on any atom is -0.462 e. The van der Waals surface area contributed by atoms with Gasteiger partial charge in [0, 0.05) is 16.3 Å².